The SMILES string of the molecule is Cc1c([C@@H](C)NC(=O)c2cccc(Nc3nc(-c4ccccn4)cs3)c2)cnn1C. The number of benzene rings is 1. The van der Waals surface area contributed by atoms with E-state index in [1.165, 1.54) is 11.3 Å². The third-order valence-corrected chi connectivity index (χ3v) is 5.65. The predicted molar refractivity (Wildman–Crippen MR) is 119 cm³/mol. The van der Waals surface area contributed by atoms with Crippen molar-refractivity contribution in [2.45, 2.75) is 19.9 Å². The normalized spacial score (nSPS) is 11.8. The first-order valence-corrected chi connectivity index (χ1v) is 10.4. The average Bonchev–Trinajstić information content (AvgIpc) is 3.36. The van der Waals surface area contributed by atoms with Crippen molar-refractivity contribution in [3.8, 4) is 11.4 Å². The standard InChI is InChI=1S/C22H22N6OS/c1-14(18-12-24-28(3)15(18)2)25-21(29)16-7-6-8-17(11-16)26-22-27-20(13-30-22)19-9-4-5-10-23-19/h4-14H,1-3H3,(H,25,29)(H,26,27)/t14-/m1/s1. The third kappa shape index (κ3) is 4.23. The summed E-state index contributed by atoms with van der Waals surface area (Å²) in [5.74, 6) is -0.136. The Kier molecular flexibility index (Phi) is 5.58. The number of hydrogen-bond donors (Lipinski definition) is 2. The lowest BCUT2D eigenvalue weighted by Gasteiger charge is -2.14. The molecule has 8 heteroatoms. The lowest BCUT2D eigenvalue weighted by molar-refractivity contribution is 0.0940. The number of aromatic nitrogens is 4. The van der Waals surface area contributed by atoms with E-state index in [0.29, 0.717) is 5.56 Å². The Balaban J connectivity index is 1.45. The van der Waals surface area contributed by atoms with E-state index >= 15 is 0 Å². The fourth-order valence-corrected chi connectivity index (χ4v) is 3.85. The van der Waals surface area contributed by atoms with Crippen LogP contribution in [0.3, 0.4) is 0 Å². The molecule has 0 aliphatic rings. The summed E-state index contributed by atoms with van der Waals surface area (Å²) in [5.41, 5.74) is 5.06. The zero-order valence-electron chi connectivity index (χ0n) is 17.0. The number of aryl methyl sites for hydroxylation is 1. The van der Waals surface area contributed by atoms with Crippen LogP contribution in [0.4, 0.5) is 10.8 Å². The maximum atomic E-state index is 12.8. The molecular formula is C22H22N6OS. The second-order valence-electron chi connectivity index (χ2n) is 6.96. The Morgan fingerprint density at radius 3 is 2.77 bits per heavy atom. The minimum Gasteiger partial charge on any atom is -0.345 e. The summed E-state index contributed by atoms with van der Waals surface area (Å²) in [6.07, 6.45) is 3.54. The molecule has 0 spiro atoms. The number of carbonyl (C=O) groups excluding carboxylic acids is 1. The quantitative estimate of drug-likeness (QED) is 0.482. The average molecular weight is 419 g/mol. The minimum atomic E-state index is -0.136. The Bertz CT molecular complexity index is 1170. The summed E-state index contributed by atoms with van der Waals surface area (Å²) in [7, 11) is 1.89. The lowest BCUT2D eigenvalue weighted by atomic mass is 10.1. The molecule has 0 saturated heterocycles. The molecule has 0 aliphatic heterocycles. The van der Waals surface area contributed by atoms with Gasteiger partial charge in [-0.05, 0) is 44.2 Å². The molecule has 2 N–H and O–H groups in total. The van der Waals surface area contributed by atoms with Gasteiger partial charge >= 0.3 is 0 Å². The first-order chi connectivity index (χ1) is 14.5. The number of anilines is 2. The summed E-state index contributed by atoms with van der Waals surface area (Å²) in [4.78, 5) is 21.7. The summed E-state index contributed by atoms with van der Waals surface area (Å²) in [6.45, 7) is 3.95. The molecule has 7 nitrogen and oxygen atoms in total. The van der Waals surface area contributed by atoms with Crippen LogP contribution in [0.25, 0.3) is 11.4 Å². The van der Waals surface area contributed by atoms with Crippen LogP contribution in [0, 0.1) is 6.92 Å². The van der Waals surface area contributed by atoms with Gasteiger partial charge in [-0.2, -0.15) is 5.10 Å². The van der Waals surface area contributed by atoms with Gasteiger partial charge in [-0.15, -0.1) is 11.3 Å². The number of rotatable bonds is 6. The van der Waals surface area contributed by atoms with Gasteiger partial charge in [0.1, 0.15) is 5.69 Å². The van der Waals surface area contributed by atoms with Crippen molar-refractivity contribution in [1.29, 1.82) is 0 Å². The first-order valence-electron chi connectivity index (χ1n) is 9.54. The molecule has 4 rings (SSSR count). The van der Waals surface area contributed by atoms with Crippen LogP contribution < -0.4 is 10.6 Å². The minimum absolute atomic E-state index is 0.136. The van der Waals surface area contributed by atoms with Gasteiger partial charge in [0.2, 0.25) is 0 Å². The van der Waals surface area contributed by atoms with Crippen molar-refractivity contribution in [3.05, 3.63) is 77.1 Å². The molecule has 0 fully saturated rings. The highest BCUT2D eigenvalue weighted by Gasteiger charge is 2.16. The van der Waals surface area contributed by atoms with Gasteiger partial charge in [0.25, 0.3) is 5.91 Å². The van der Waals surface area contributed by atoms with E-state index in [1.54, 1.807) is 23.1 Å². The van der Waals surface area contributed by atoms with E-state index in [9.17, 15) is 4.79 Å². The monoisotopic (exact) mass is 418 g/mol. The maximum Gasteiger partial charge on any atom is 0.251 e. The molecule has 30 heavy (non-hydrogen) atoms. The molecule has 152 valence electrons. The van der Waals surface area contributed by atoms with Crippen LogP contribution in [-0.2, 0) is 7.05 Å². The summed E-state index contributed by atoms with van der Waals surface area (Å²) < 4.78 is 1.80. The Hall–Kier alpha value is -3.52. The zero-order valence-corrected chi connectivity index (χ0v) is 17.8. The molecule has 4 aromatic rings. The molecule has 3 aromatic heterocycles. The number of hydrogen-bond acceptors (Lipinski definition) is 6. The van der Waals surface area contributed by atoms with Crippen molar-refractivity contribution in [2.24, 2.45) is 7.05 Å². The topological polar surface area (TPSA) is 84.7 Å². The molecule has 0 aliphatic carbocycles. The molecule has 0 unspecified atom stereocenters. The van der Waals surface area contributed by atoms with Crippen molar-refractivity contribution in [3.63, 3.8) is 0 Å². The summed E-state index contributed by atoms with van der Waals surface area (Å²) in [6, 6.07) is 13.0. The number of nitrogens with one attached hydrogen (secondary N) is 2. The Morgan fingerprint density at radius 1 is 1.17 bits per heavy atom. The molecule has 0 bridgehead atoms. The van der Waals surface area contributed by atoms with Gasteiger partial charge in [0.05, 0.1) is 17.9 Å². The van der Waals surface area contributed by atoms with Crippen molar-refractivity contribution < 1.29 is 4.79 Å². The van der Waals surface area contributed by atoms with Crippen molar-refractivity contribution in [2.75, 3.05) is 5.32 Å². The van der Waals surface area contributed by atoms with E-state index in [0.717, 1.165) is 33.5 Å². The summed E-state index contributed by atoms with van der Waals surface area (Å²) in [5, 5.41) is 13.3. The maximum absolute atomic E-state index is 12.8. The number of pyridine rings is 1. The van der Waals surface area contributed by atoms with Gasteiger partial charge in [-0.25, -0.2) is 4.98 Å². The molecule has 0 radical (unpaired) electrons. The smallest absolute Gasteiger partial charge is 0.251 e. The molecule has 1 amide bonds. The van der Waals surface area contributed by atoms with E-state index in [4.69, 9.17) is 0 Å². The molecule has 3 heterocycles. The van der Waals surface area contributed by atoms with Crippen LogP contribution in [0.15, 0.2) is 60.2 Å². The molecular weight excluding hydrogens is 396 g/mol. The predicted octanol–water partition coefficient (Wildman–Crippen LogP) is 4.48. The molecule has 1 atom stereocenters. The largest absolute Gasteiger partial charge is 0.345 e. The molecule has 1 aromatic carbocycles. The van der Waals surface area contributed by atoms with Crippen LogP contribution in [0.2, 0.25) is 0 Å². The van der Waals surface area contributed by atoms with E-state index in [1.807, 2.05) is 62.7 Å². The number of carbonyl (C=O) groups is 1. The Morgan fingerprint density at radius 2 is 2.03 bits per heavy atom. The second kappa shape index (κ2) is 8.46. The fourth-order valence-electron chi connectivity index (χ4n) is 3.12. The van der Waals surface area contributed by atoms with Crippen LogP contribution in [0.5, 0.6) is 0 Å². The highest BCUT2D eigenvalue weighted by atomic mass is 32.1. The Labute approximate surface area is 178 Å². The fraction of sp³-hybridized carbons (Fsp3) is 0.182. The van der Waals surface area contributed by atoms with Crippen LogP contribution >= 0.6 is 11.3 Å². The van der Waals surface area contributed by atoms with Gasteiger partial charge in [0, 0.05) is 41.1 Å². The van der Waals surface area contributed by atoms with E-state index in [-0.39, 0.29) is 11.9 Å². The van der Waals surface area contributed by atoms with E-state index in [2.05, 4.69) is 25.7 Å². The number of thiazole rings is 1. The van der Waals surface area contributed by atoms with Crippen LogP contribution in [-0.4, -0.2) is 25.7 Å². The first kappa shape index (κ1) is 19.8. The highest BCUT2D eigenvalue weighted by Crippen LogP contribution is 2.26. The van der Waals surface area contributed by atoms with E-state index < -0.39 is 0 Å². The molecule has 0 saturated carbocycles. The third-order valence-electron chi connectivity index (χ3n) is 4.89. The second-order valence-corrected chi connectivity index (χ2v) is 7.82. The van der Waals surface area contributed by atoms with Gasteiger partial charge in [0.15, 0.2) is 5.13 Å². The van der Waals surface area contributed by atoms with Gasteiger partial charge in [-0.1, -0.05) is 12.1 Å². The highest BCUT2D eigenvalue weighted by molar-refractivity contribution is 7.14. The van der Waals surface area contributed by atoms with Gasteiger partial charge < -0.3 is 10.6 Å². The van der Waals surface area contributed by atoms with Crippen molar-refractivity contribution in [1.82, 2.24) is 25.1 Å². The van der Waals surface area contributed by atoms with Crippen molar-refractivity contribution >= 4 is 28.1 Å². The summed E-state index contributed by atoms with van der Waals surface area (Å²) >= 11 is 1.49. The zero-order chi connectivity index (χ0) is 21.1. The lowest BCUT2D eigenvalue weighted by Crippen LogP contribution is -2.27. The van der Waals surface area contributed by atoms with Gasteiger partial charge in [-0.3, -0.25) is 14.5 Å². The number of nitrogens with zero attached hydrogens (tertiary/aromatic N) is 4. The van der Waals surface area contributed by atoms with Crippen LogP contribution in [0.1, 0.15) is 34.6 Å². The number of amides is 1.